The summed E-state index contributed by atoms with van der Waals surface area (Å²) in [5, 5.41) is 19.1. The van der Waals surface area contributed by atoms with Crippen molar-refractivity contribution >= 4 is 78.9 Å². The summed E-state index contributed by atoms with van der Waals surface area (Å²) >= 11 is 13.0. The van der Waals surface area contributed by atoms with Gasteiger partial charge in [0.25, 0.3) is 5.69 Å². The number of hydrazone groups is 1. The quantitative estimate of drug-likeness (QED) is 0.204. The van der Waals surface area contributed by atoms with E-state index in [1.165, 1.54) is 12.3 Å². The number of benzene rings is 2. The fourth-order valence-electron chi connectivity index (χ4n) is 3.15. The third-order valence-corrected chi connectivity index (χ3v) is 6.69. The zero-order valence-corrected chi connectivity index (χ0v) is 22.3. The van der Waals surface area contributed by atoms with Crippen LogP contribution < -0.4 is 15.6 Å². The fourth-order valence-corrected chi connectivity index (χ4v) is 4.26. The summed E-state index contributed by atoms with van der Waals surface area (Å²) in [5.74, 6) is 0.942. The van der Waals surface area contributed by atoms with Crippen molar-refractivity contribution < 1.29 is 9.66 Å². The van der Waals surface area contributed by atoms with Crippen LogP contribution in [0.1, 0.15) is 11.1 Å². The molecule has 0 saturated carbocycles. The van der Waals surface area contributed by atoms with Crippen molar-refractivity contribution in [3.8, 4) is 0 Å². The smallest absolute Gasteiger partial charge is 0.284 e. The Kier molecular flexibility index (Phi) is 8.11. The zero-order chi connectivity index (χ0) is 24.9. The number of aromatic nitrogens is 3. The number of aryl methyl sites for hydroxylation is 1. The number of nitro groups is 1. The van der Waals surface area contributed by atoms with E-state index in [2.05, 4.69) is 62.7 Å². The number of morpholine rings is 1. The Bertz CT molecular complexity index is 1290. The summed E-state index contributed by atoms with van der Waals surface area (Å²) in [6.07, 6.45) is 1.45. The molecule has 0 aliphatic carbocycles. The summed E-state index contributed by atoms with van der Waals surface area (Å²) in [6, 6.07) is 8.37. The second-order valence-electron chi connectivity index (χ2n) is 7.43. The lowest BCUT2D eigenvalue weighted by Gasteiger charge is -2.27. The minimum absolute atomic E-state index is 0.0578. The van der Waals surface area contributed by atoms with Gasteiger partial charge in [0.15, 0.2) is 0 Å². The first kappa shape index (κ1) is 25.2. The highest BCUT2D eigenvalue weighted by molar-refractivity contribution is 9.11. The van der Waals surface area contributed by atoms with Gasteiger partial charge in [0.1, 0.15) is 0 Å². The van der Waals surface area contributed by atoms with Gasteiger partial charge in [-0.25, -0.2) is 5.43 Å². The van der Waals surface area contributed by atoms with Crippen LogP contribution in [0.5, 0.6) is 0 Å². The maximum Gasteiger partial charge on any atom is 0.284 e. The average Bonchev–Trinajstić information content (AvgIpc) is 2.84. The largest absolute Gasteiger partial charge is 0.378 e. The summed E-state index contributed by atoms with van der Waals surface area (Å²) in [6.45, 7) is 4.31. The number of nitrogens with zero attached hydrogens (tertiary/aromatic N) is 6. The van der Waals surface area contributed by atoms with Crippen molar-refractivity contribution in [2.75, 3.05) is 41.9 Å². The Balaban J connectivity index is 1.61. The molecule has 0 radical (unpaired) electrons. The molecule has 1 aliphatic rings. The number of hydrogen-bond donors (Lipinski definition) is 2. The van der Waals surface area contributed by atoms with Gasteiger partial charge < -0.3 is 15.0 Å². The van der Waals surface area contributed by atoms with Gasteiger partial charge in [0, 0.05) is 34.2 Å². The Hall–Kier alpha value is -2.87. The molecule has 3 aromatic rings. The second-order valence-corrected chi connectivity index (χ2v) is 9.54. The Labute approximate surface area is 222 Å². The highest BCUT2D eigenvalue weighted by Crippen LogP contribution is 2.31. The number of rotatable bonds is 7. The van der Waals surface area contributed by atoms with Crippen molar-refractivity contribution in [2.24, 2.45) is 5.10 Å². The van der Waals surface area contributed by atoms with Gasteiger partial charge in [0.2, 0.25) is 17.8 Å². The molecule has 14 heteroatoms. The number of anilines is 4. The van der Waals surface area contributed by atoms with E-state index in [1.54, 1.807) is 18.2 Å². The Morgan fingerprint density at radius 1 is 1.14 bits per heavy atom. The first-order valence-electron chi connectivity index (χ1n) is 10.3. The third kappa shape index (κ3) is 6.42. The lowest BCUT2D eigenvalue weighted by molar-refractivity contribution is -0.385. The standard InChI is InChI=1S/C21H19Br2ClN8O3/c1-12-8-15(23)17(10-16(12)24)26-19-27-20(29-21(28-19)31-4-6-35-7-5-31)30-25-11-13-2-3-14(22)18(9-13)32(33)34/h2-3,8-11H,4-7H2,1H3,(H2,26,27,28,29,30)/b25-11+. The minimum Gasteiger partial charge on any atom is -0.378 e. The van der Waals surface area contributed by atoms with Crippen LogP contribution in [-0.4, -0.2) is 52.4 Å². The van der Waals surface area contributed by atoms with Crippen LogP contribution in [-0.2, 0) is 4.74 Å². The molecular formula is C21H19Br2ClN8O3. The lowest BCUT2D eigenvalue weighted by atomic mass is 10.2. The van der Waals surface area contributed by atoms with Gasteiger partial charge in [-0.05, 0) is 62.5 Å². The van der Waals surface area contributed by atoms with Crippen LogP contribution in [0.4, 0.5) is 29.2 Å². The molecule has 0 amide bonds. The fraction of sp³-hybridized carbons (Fsp3) is 0.238. The molecule has 2 aromatic carbocycles. The van der Waals surface area contributed by atoms with Crippen LogP contribution in [0.3, 0.4) is 0 Å². The van der Waals surface area contributed by atoms with Crippen molar-refractivity contribution in [1.82, 2.24) is 15.0 Å². The van der Waals surface area contributed by atoms with E-state index < -0.39 is 4.92 Å². The summed E-state index contributed by atoms with van der Waals surface area (Å²) in [7, 11) is 0. The normalized spacial score (nSPS) is 13.8. The first-order valence-corrected chi connectivity index (χ1v) is 12.3. The number of ether oxygens (including phenoxy) is 1. The Morgan fingerprint density at radius 3 is 2.63 bits per heavy atom. The van der Waals surface area contributed by atoms with E-state index in [9.17, 15) is 10.1 Å². The molecule has 11 nitrogen and oxygen atoms in total. The van der Waals surface area contributed by atoms with Crippen LogP contribution in [0.2, 0.25) is 5.02 Å². The third-order valence-electron chi connectivity index (χ3n) is 4.96. The van der Waals surface area contributed by atoms with E-state index in [0.717, 1.165) is 10.0 Å². The highest BCUT2D eigenvalue weighted by Gasteiger charge is 2.17. The van der Waals surface area contributed by atoms with Crippen molar-refractivity contribution in [1.29, 1.82) is 0 Å². The van der Waals surface area contributed by atoms with Gasteiger partial charge in [-0.1, -0.05) is 17.7 Å². The van der Waals surface area contributed by atoms with Gasteiger partial charge in [0.05, 0.1) is 34.5 Å². The monoisotopic (exact) mass is 624 g/mol. The molecule has 1 saturated heterocycles. The molecule has 1 aromatic heterocycles. The van der Waals surface area contributed by atoms with Gasteiger partial charge in [-0.15, -0.1) is 0 Å². The van der Waals surface area contributed by atoms with E-state index in [-0.39, 0.29) is 11.6 Å². The van der Waals surface area contributed by atoms with Gasteiger partial charge in [-0.3, -0.25) is 10.1 Å². The predicted octanol–water partition coefficient (Wildman–Crippen LogP) is 5.29. The van der Waals surface area contributed by atoms with Crippen molar-refractivity contribution in [3.05, 3.63) is 65.5 Å². The lowest BCUT2D eigenvalue weighted by Crippen LogP contribution is -2.37. The molecule has 35 heavy (non-hydrogen) atoms. The first-order chi connectivity index (χ1) is 16.8. The summed E-state index contributed by atoms with van der Waals surface area (Å²) in [4.78, 5) is 26.1. The van der Waals surface area contributed by atoms with E-state index in [4.69, 9.17) is 16.3 Å². The van der Waals surface area contributed by atoms with Crippen LogP contribution in [0.15, 0.2) is 44.4 Å². The maximum absolute atomic E-state index is 11.2. The maximum atomic E-state index is 11.2. The molecule has 2 heterocycles. The molecule has 2 N–H and O–H groups in total. The second kappa shape index (κ2) is 11.2. The van der Waals surface area contributed by atoms with Crippen LogP contribution >= 0.6 is 43.5 Å². The molecule has 1 aliphatic heterocycles. The number of halogens is 3. The molecular weight excluding hydrogens is 608 g/mol. The topological polar surface area (TPSA) is 131 Å². The SMILES string of the molecule is Cc1cc(Br)c(Nc2nc(N/N=C/c3ccc(Br)c([N+](=O)[O-])c3)nc(N3CCOCC3)n2)cc1Cl. The van der Waals surface area contributed by atoms with Crippen LogP contribution in [0, 0.1) is 17.0 Å². The highest BCUT2D eigenvalue weighted by atomic mass is 79.9. The van der Waals surface area contributed by atoms with Gasteiger partial charge in [-0.2, -0.15) is 20.1 Å². The molecule has 0 unspecified atom stereocenters. The van der Waals surface area contributed by atoms with E-state index >= 15 is 0 Å². The number of hydrogen-bond acceptors (Lipinski definition) is 10. The molecule has 0 bridgehead atoms. The molecule has 0 atom stereocenters. The predicted molar refractivity (Wildman–Crippen MR) is 142 cm³/mol. The number of nitro benzene ring substituents is 1. The van der Waals surface area contributed by atoms with Crippen molar-refractivity contribution in [3.63, 3.8) is 0 Å². The minimum atomic E-state index is -0.469. The molecule has 4 rings (SSSR count). The summed E-state index contributed by atoms with van der Waals surface area (Å²) < 4.78 is 6.62. The van der Waals surface area contributed by atoms with Crippen LogP contribution in [0.25, 0.3) is 0 Å². The molecule has 182 valence electrons. The van der Waals surface area contributed by atoms with E-state index in [1.807, 2.05) is 17.9 Å². The number of nitrogens with one attached hydrogen (secondary N) is 2. The van der Waals surface area contributed by atoms with Crippen molar-refractivity contribution in [2.45, 2.75) is 6.92 Å². The average molecular weight is 627 g/mol. The zero-order valence-electron chi connectivity index (χ0n) is 18.3. The Morgan fingerprint density at radius 2 is 1.89 bits per heavy atom. The molecule has 1 fully saturated rings. The molecule has 0 spiro atoms. The van der Waals surface area contributed by atoms with E-state index in [0.29, 0.717) is 58.9 Å². The summed E-state index contributed by atoms with van der Waals surface area (Å²) in [5.41, 5.74) is 4.88. The van der Waals surface area contributed by atoms with Gasteiger partial charge >= 0.3 is 0 Å².